The van der Waals surface area contributed by atoms with Crippen LogP contribution in [0.15, 0.2) is 17.5 Å². The fraction of sp³-hybridized carbons (Fsp3) is 0.385. The van der Waals surface area contributed by atoms with Crippen molar-refractivity contribution in [3.05, 3.63) is 28.0 Å². The van der Waals surface area contributed by atoms with Gasteiger partial charge in [-0.15, -0.1) is 11.3 Å². The van der Waals surface area contributed by atoms with E-state index in [1.807, 2.05) is 0 Å². The van der Waals surface area contributed by atoms with Crippen molar-refractivity contribution >= 4 is 29.3 Å². The quantitative estimate of drug-likeness (QED) is 0.806. The topological polar surface area (TPSA) is 57.6 Å². The number of hydrogen-bond acceptors (Lipinski definition) is 3. The molecular formula is C13H17NO3S. The summed E-state index contributed by atoms with van der Waals surface area (Å²) in [6.07, 6.45) is 4.60. The molecule has 1 rings (SSSR count). The smallest absolute Gasteiger partial charge is 0.328 e. The zero-order chi connectivity index (χ0) is 13.5. The first-order valence-corrected chi connectivity index (χ1v) is 6.67. The molecule has 0 saturated heterocycles. The fourth-order valence-electron chi connectivity index (χ4n) is 1.42. The SMILES string of the molecule is CCCCN(C)C(=O)c1csc(C=CC(=O)O)c1. The lowest BCUT2D eigenvalue weighted by molar-refractivity contribution is -0.131. The number of aliphatic carboxylic acids is 1. The molecule has 0 fully saturated rings. The van der Waals surface area contributed by atoms with Crippen molar-refractivity contribution in [1.82, 2.24) is 4.90 Å². The Hall–Kier alpha value is -1.62. The maximum atomic E-state index is 12.0. The summed E-state index contributed by atoms with van der Waals surface area (Å²) in [6, 6.07) is 1.72. The molecule has 0 saturated carbocycles. The Balaban J connectivity index is 2.67. The molecule has 0 spiro atoms. The zero-order valence-corrected chi connectivity index (χ0v) is 11.4. The number of nitrogens with zero attached hydrogens (tertiary/aromatic N) is 1. The standard InChI is InChI=1S/C13H17NO3S/c1-3-4-7-14(2)13(17)10-8-11(18-9-10)5-6-12(15)16/h5-6,8-9H,3-4,7H2,1-2H3,(H,15,16). The van der Waals surface area contributed by atoms with Crippen LogP contribution in [0.1, 0.15) is 35.0 Å². The Bertz CT molecular complexity index is 451. The van der Waals surface area contributed by atoms with Gasteiger partial charge in [0.05, 0.1) is 5.56 Å². The lowest BCUT2D eigenvalue weighted by Crippen LogP contribution is -2.27. The first-order chi connectivity index (χ1) is 8.54. The first-order valence-electron chi connectivity index (χ1n) is 5.79. The van der Waals surface area contributed by atoms with Crippen LogP contribution in [0, 0.1) is 0 Å². The van der Waals surface area contributed by atoms with Crippen LogP contribution in [0.4, 0.5) is 0 Å². The fourth-order valence-corrected chi connectivity index (χ4v) is 2.20. The average Bonchev–Trinajstić information content (AvgIpc) is 2.81. The first kappa shape index (κ1) is 14.4. The third-order valence-corrected chi connectivity index (χ3v) is 3.35. The normalized spacial score (nSPS) is 10.8. The summed E-state index contributed by atoms with van der Waals surface area (Å²) in [5.41, 5.74) is 0.614. The second-order valence-electron chi connectivity index (χ2n) is 3.99. The molecule has 0 atom stereocenters. The molecule has 5 heteroatoms. The Kier molecular flexibility index (Phi) is 5.58. The summed E-state index contributed by atoms with van der Waals surface area (Å²) >= 11 is 1.36. The highest BCUT2D eigenvalue weighted by Crippen LogP contribution is 2.17. The summed E-state index contributed by atoms with van der Waals surface area (Å²) in [6.45, 7) is 2.82. The molecular weight excluding hydrogens is 250 g/mol. The Morgan fingerprint density at radius 1 is 1.50 bits per heavy atom. The summed E-state index contributed by atoms with van der Waals surface area (Å²) in [4.78, 5) is 24.8. The van der Waals surface area contributed by atoms with Gasteiger partial charge in [0.1, 0.15) is 0 Å². The van der Waals surface area contributed by atoms with Crippen LogP contribution in [0.25, 0.3) is 6.08 Å². The van der Waals surface area contributed by atoms with Gasteiger partial charge < -0.3 is 10.0 Å². The van der Waals surface area contributed by atoms with Crippen molar-refractivity contribution in [2.75, 3.05) is 13.6 Å². The van der Waals surface area contributed by atoms with Gasteiger partial charge in [0.25, 0.3) is 5.91 Å². The molecule has 0 aliphatic rings. The van der Waals surface area contributed by atoms with E-state index in [0.717, 1.165) is 30.3 Å². The Morgan fingerprint density at radius 2 is 2.22 bits per heavy atom. The van der Waals surface area contributed by atoms with Crippen molar-refractivity contribution in [3.8, 4) is 0 Å². The van der Waals surface area contributed by atoms with Crippen LogP contribution >= 0.6 is 11.3 Å². The van der Waals surface area contributed by atoms with Crippen LogP contribution in [0.3, 0.4) is 0 Å². The minimum Gasteiger partial charge on any atom is -0.478 e. The van der Waals surface area contributed by atoms with Crippen LogP contribution in [0.5, 0.6) is 0 Å². The van der Waals surface area contributed by atoms with Gasteiger partial charge in [0, 0.05) is 29.9 Å². The molecule has 18 heavy (non-hydrogen) atoms. The number of thiophene rings is 1. The summed E-state index contributed by atoms with van der Waals surface area (Å²) in [7, 11) is 1.78. The number of carbonyl (C=O) groups excluding carboxylic acids is 1. The molecule has 1 heterocycles. The average molecular weight is 267 g/mol. The molecule has 4 nitrogen and oxygen atoms in total. The molecule has 0 aliphatic carbocycles. The highest BCUT2D eigenvalue weighted by atomic mass is 32.1. The zero-order valence-electron chi connectivity index (χ0n) is 10.5. The van der Waals surface area contributed by atoms with Crippen LogP contribution in [0.2, 0.25) is 0 Å². The van der Waals surface area contributed by atoms with Gasteiger partial charge in [-0.25, -0.2) is 4.79 Å². The third kappa shape index (κ3) is 4.33. The Morgan fingerprint density at radius 3 is 2.83 bits per heavy atom. The number of carbonyl (C=O) groups is 2. The van der Waals surface area contributed by atoms with Crippen molar-refractivity contribution in [2.45, 2.75) is 19.8 Å². The van der Waals surface area contributed by atoms with E-state index in [9.17, 15) is 9.59 Å². The Labute approximate surface area is 111 Å². The maximum absolute atomic E-state index is 12.0. The van der Waals surface area contributed by atoms with Crippen LogP contribution in [-0.2, 0) is 4.79 Å². The highest BCUT2D eigenvalue weighted by Gasteiger charge is 2.12. The number of unbranched alkanes of at least 4 members (excludes halogenated alkanes) is 1. The number of carboxylic acids is 1. The highest BCUT2D eigenvalue weighted by molar-refractivity contribution is 7.11. The van der Waals surface area contributed by atoms with Gasteiger partial charge in [0.15, 0.2) is 0 Å². The van der Waals surface area contributed by atoms with E-state index in [4.69, 9.17) is 5.11 Å². The molecule has 0 radical (unpaired) electrons. The molecule has 0 aliphatic heterocycles. The molecule has 1 N–H and O–H groups in total. The van der Waals surface area contributed by atoms with Crippen molar-refractivity contribution < 1.29 is 14.7 Å². The van der Waals surface area contributed by atoms with Crippen molar-refractivity contribution in [1.29, 1.82) is 0 Å². The third-order valence-electron chi connectivity index (χ3n) is 2.45. The molecule has 0 unspecified atom stereocenters. The summed E-state index contributed by atoms with van der Waals surface area (Å²) in [5.74, 6) is -1.01. The minimum absolute atomic E-state index is 0.0188. The monoisotopic (exact) mass is 267 g/mol. The second-order valence-corrected chi connectivity index (χ2v) is 4.93. The molecule has 1 aromatic heterocycles. The van der Waals surface area contributed by atoms with E-state index in [0.29, 0.717) is 5.56 Å². The largest absolute Gasteiger partial charge is 0.478 e. The van der Waals surface area contributed by atoms with Crippen LogP contribution in [-0.4, -0.2) is 35.5 Å². The maximum Gasteiger partial charge on any atom is 0.328 e. The van der Waals surface area contributed by atoms with Crippen molar-refractivity contribution in [3.63, 3.8) is 0 Å². The number of amides is 1. The van der Waals surface area contributed by atoms with E-state index in [2.05, 4.69) is 6.92 Å². The van der Waals surface area contributed by atoms with Crippen molar-refractivity contribution in [2.24, 2.45) is 0 Å². The number of hydrogen-bond donors (Lipinski definition) is 1. The predicted octanol–water partition coefficient (Wildman–Crippen LogP) is 2.72. The number of carboxylic acid groups (broad SMARTS) is 1. The minimum atomic E-state index is -0.989. The predicted molar refractivity (Wildman–Crippen MR) is 72.9 cm³/mol. The van der Waals surface area contributed by atoms with E-state index >= 15 is 0 Å². The van der Waals surface area contributed by atoms with E-state index in [-0.39, 0.29) is 5.91 Å². The van der Waals surface area contributed by atoms with Gasteiger partial charge in [-0.3, -0.25) is 4.79 Å². The van der Waals surface area contributed by atoms with E-state index in [1.54, 1.807) is 23.4 Å². The molecule has 1 aromatic rings. The lowest BCUT2D eigenvalue weighted by atomic mass is 10.2. The van der Waals surface area contributed by atoms with Gasteiger partial charge in [-0.2, -0.15) is 0 Å². The van der Waals surface area contributed by atoms with Crippen LogP contribution < -0.4 is 0 Å². The van der Waals surface area contributed by atoms with E-state index in [1.165, 1.54) is 17.4 Å². The second kappa shape index (κ2) is 6.96. The van der Waals surface area contributed by atoms with Gasteiger partial charge in [0.2, 0.25) is 0 Å². The molecule has 1 amide bonds. The molecule has 0 bridgehead atoms. The van der Waals surface area contributed by atoms with Gasteiger partial charge in [-0.1, -0.05) is 13.3 Å². The molecule has 98 valence electrons. The summed E-state index contributed by atoms with van der Waals surface area (Å²) < 4.78 is 0. The number of rotatable bonds is 6. The lowest BCUT2D eigenvalue weighted by Gasteiger charge is -2.15. The van der Waals surface area contributed by atoms with E-state index < -0.39 is 5.97 Å². The van der Waals surface area contributed by atoms with Gasteiger partial charge in [-0.05, 0) is 18.6 Å². The van der Waals surface area contributed by atoms with Gasteiger partial charge >= 0.3 is 5.97 Å². The molecule has 0 aromatic carbocycles. The summed E-state index contributed by atoms with van der Waals surface area (Å²) in [5, 5.41) is 10.3.